The Bertz CT molecular complexity index is 787. The fourth-order valence-corrected chi connectivity index (χ4v) is 3.94. The first-order valence-electron chi connectivity index (χ1n) is 6.61. The second-order valence-electron chi connectivity index (χ2n) is 4.42. The molecule has 0 atom stereocenters. The van der Waals surface area contributed by atoms with E-state index in [0.29, 0.717) is 0 Å². The van der Waals surface area contributed by atoms with Gasteiger partial charge in [0.1, 0.15) is 0 Å². The number of methoxy groups -OCH3 is 1. The van der Waals surface area contributed by atoms with Crippen LogP contribution in [-0.4, -0.2) is 43.0 Å². The predicted octanol–water partition coefficient (Wildman–Crippen LogP) is 0.709. The number of hydrogen-bond acceptors (Lipinski definition) is 4. The number of ether oxygens (including phenoxy) is 1. The Balaban J connectivity index is 1.94. The molecule has 5 nitrogen and oxygen atoms in total. The van der Waals surface area contributed by atoms with Crippen molar-refractivity contribution in [1.82, 2.24) is 15.0 Å². The number of para-hydroxylation sites is 1. The first-order chi connectivity index (χ1) is 10.8. The summed E-state index contributed by atoms with van der Waals surface area (Å²) in [5.41, 5.74) is 1.12. The quantitative estimate of drug-likeness (QED) is 0.509. The molecule has 3 rings (SSSR count). The molecule has 0 fully saturated rings. The van der Waals surface area contributed by atoms with Gasteiger partial charge in [-0.15, -0.1) is 0 Å². The molecule has 0 unspecified atom stereocenters. The van der Waals surface area contributed by atoms with Crippen molar-refractivity contribution in [2.24, 2.45) is 0 Å². The molecule has 2 aromatic carbocycles. The van der Waals surface area contributed by atoms with Crippen molar-refractivity contribution < 1.29 is 9.53 Å². The Hall–Kier alpha value is -2.43. The van der Waals surface area contributed by atoms with E-state index in [-0.39, 0.29) is 20.7 Å². The number of nitrogens with zero attached hydrogens (tertiary/aromatic N) is 3. The summed E-state index contributed by atoms with van der Waals surface area (Å²) in [6.45, 7) is 0. The summed E-state index contributed by atoms with van der Waals surface area (Å²) in [6, 6.07) is 18.3. The van der Waals surface area contributed by atoms with Crippen LogP contribution in [-0.2, 0) is 4.74 Å². The third-order valence-electron chi connectivity index (χ3n) is 2.97. The minimum absolute atomic E-state index is 0.148. The standard InChI is InChI=1S/C16H13N3O2Se/c1-21-16(20)13-11-19(18-17-13)14-9-5-6-10-15(14)22-12-7-3-2-4-8-12/h2-11H,1H3. The molecule has 0 aliphatic rings. The van der Waals surface area contributed by atoms with Crippen molar-refractivity contribution in [1.29, 1.82) is 0 Å². The Kier molecular flexibility index (Phi) is 4.32. The van der Waals surface area contributed by atoms with Gasteiger partial charge in [-0.2, -0.15) is 0 Å². The number of carbonyl (C=O) groups is 1. The van der Waals surface area contributed by atoms with Crippen LogP contribution in [0.5, 0.6) is 0 Å². The van der Waals surface area contributed by atoms with Gasteiger partial charge >= 0.3 is 134 Å². The summed E-state index contributed by atoms with van der Waals surface area (Å²) in [6.07, 6.45) is 1.59. The van der Waals surface area contributed by atoms with Gasteiger partial charge < -0.3 is 0 Å². The van der Waals surface area contributed by atoms with Gasteiger partial charge in [0.2, 0.25) is 0 Å². The molecule has 0 radical (unpaired) electrons. The first-order valence-corrected chi connectivity index (χ1v) is 8.32. The van der Waals surface area contributed by atoms with Crippen LogP contribution in [0.1, 0.15) is 10.5 Å². The molecule has 0 saturated carbocycles. The van der Waals surface area contributed by atoms with Crippen LogP contribution in [0.25, 0.3) is 5.69 Å². The molecule has 0 N–H and O–H groups in total. The van der Waals surface area contributed by atoms with Crippen LogP contribution in [0.15, 0.2) is 60.8 Å². The van der Waals surface area contributed by atoms with Gasteiger partial charge in [0.25, 0.3) is 0 Å². The second-order valence-corrected chi connectivity index (χ2v) is 6.76. The Morgan fingerprint density at radius 2 is 1.82 bits per heavy atom. The van der Waals surface area contributed by atoms with Crippen molar-refractivity contribution in [2.75, 3.05) is 7.11 Å². The van der Waals surface area contributed by atoms with E-state index in [1.54, 1.807) is 10.9 Å². The van der Waals surface area contributed by atoms with Crippen molar-refractivity contribution >= 4 is 29.8 Å². The van der Waals surface area contributed by atoms with E-state index in [9.17, 15) is 4.79 Å². The number of rotatable bonds is 4. The van der Waals surface area contributed by atoms with E-state index in [2.05, 4.69) is 33.2 Å². The molecule has 0 spiro atoms. The number of benzene rings is 2. The van der Waals surface area contributed by atoms with Crippen molar-refractivity contribution in [3.05, 3.63) is 66.5 Å². The Labute approximate surface area is 134 Å². The topological polar surface area (TPSA) is 57.0 Å². The zero-order valence-corrected chi connectivity index (χ0v) is 13.6. The van der Waals surface area contributed by atoms with Gasteiger partial charge in [0, 0.05) is 0 Å². The van der Waals surface area contributed by atoms with Gasteiger partial charge in [-0.25, -0.2) is 0 Å². The third kappa shape index (κ3) is 3.08. The van der Waals surface area contributed by atoms with Crippen LogP contribution in [0.2, 0.25) is 0 Å². The predicted molar refractivity (Wildman–Crippen MR) is 84.2 cm³/mol. The molecule has 0 aliphatic heterocycles. The summed E-state index contributed by atoms with van der Waals surface area (Å²) in [7, 11) is 1.33. The molecule has 0 bridgehead atoms. The molecular weight excluding hydrogens is 345 g/mol. The molecule has 22 heavy (non-hydrogen) atoms. The zero-order valence-electron chi connectivity index (χ0n) is 11.8. The van der Waals surface area contributed by atoms with Crippen LogP contribution in [0, 0.1) is 0 Å². The van der Waals surface area contributed by atoms with Crippen LogP contribution >= 0.6 is 0 Å². The van der Waals surface area contributed by atoms with Gasteiger partial charge in [0.05, 0.1) is 0 Å². The number of carbonyl (C=O) groups excluding carboxylic acids is 1. The summed E-state index contributed by atoms with van der Waals surface area (Å²) < 4.78 is 8.72. The van der Waals surface area contributed by atoms with Crippen molar-refractivity contribution in [3.8, 4) is 5.69 Å². The molecule has 3 aromatic rings. The number of esters is 1. The maximum atomic E-state index is 11.5. The number of aromatic nitrogens is 3. The maximum absolute atomic E-state index is 11.5. The molecule has 0 saturated heterocycles. The average molecular weight is 358 g/mol. The van der Waals surface area contributed by atoms with Gasteiger partial charge in [-0.3, -0.25) is 0 Å². The van der Waals surface area contributed by atoms with Gasteiger partial charge in [-0.05, 0) is 0 Å². The van der Waals surface area contributed by atoms with E-state index in [1.165, 1.54) is 16.0 Å². The summed E-state index contributed by atoms with van der Waals surface area (Å²) >= 11 is 0.148. The van der Waals surface area contributed by atoms with Crippen molar-refractivity contribution in [2.45, 2.75) is 0 Å². The molecule has 6 heteroatoms. The fourth-order valence-electron chi connectivity index (χ4n) is 1.93. The summed E-state index contributed by atoms with van der Waals surface area (Å²) in [4.78, 5) is 11.5. The molecule has 1 heterocycles. The monoisotopic (exact) mass is 359 g/mol. The SMILES string of the molecule is COC(=O)c1cn(-c2ccccc2[Se]c2ccccc2)nn1. The van der Waals surface area contributed by atoms with Gasteiger partial charge in [0.15, 0.2) is 0 Å². The normalized spacial score (nSPS) is 10.4. The van der Waals surface area contributed by atoms with Crippen LogP contribution in [0.3, 0.4) is 0 Å². The van der Waals surface area contributed by atoms with Crippen LogP contribution in [0.4, 0.5) is 0 Å². The van der Waals surface area contributed by atoms with E-state index in [0.717, 1.165) is 5.69 Å². The van der Waals surface area contributed by atoms with Crippen LogP contribution < -0.4 is 8.92 Å². The van der Waals surface area contributed by atoms with Gasteiger partial charge in [-0.1, -0.05) is 0 Å². The molecule has 1 aromatic heterocycles. The third-order valence-corrected chi connectivity index (χ3v) is 5.22. The summed E-state index contributed by atoms with van der Waals surface area (Å²) in [5.74, 6) is -0.489. The Morgan fingerprint density at radius 3 is 2.59 bits per heavy atom. The molecule has 110 valence electrons. The average Bonchev–Trinajstić information content (AvgIpc) is 3.05. The van der Waals surface area contributed by atoms with E-state index >= 15 is 0 Å². The molecule has 0 aliphatic carbocycles. The van der Waals surface area contributed by atoms with E-state index < -0.39 is 5.97 Å². The molecular formula is C16H13N3O2Se. The van der Waals surface area contributed by atoms with E-state index in [4.69, 9.17) is 0 Å². The van der Waals surface area contributed by atoms with Crippen molar-refractivity contribution in [3.63, 3.8) is 0 Å². The molecule has 0 amide bonds. The fraction of sp³-hybridized carbons (Fsp3) is 0.0625. The summed E-state index contributed by atoms with van der Waals surface area (Å²) in [5, 5.41) is 7.89. The van der Waals surface area contributed by atoms with E-state index in [1.807, 2.05) is 36.4 Å². The zero-order chi connectivity index (χ0) is 15.4. The minimum atomic E-state index is -0.489. The Morgan fingerprint density at radius 1 is 1.09 bits per heavy atom. The first kappa shape index (κ1) is 14.5. The number of hydrogen-bond donors (Lipinski definition) is 0. The second kappa shape index (κ2) is 6.56.